The van der Waals surface area contributed by atoms with Crippen LogP contribution in [0.2, 0.25) is 5.02 Å². The van der Waals surface area contributed by atoms with E-state index in [1.54, 1.807) is 30.8 Å². The van der Waals surface area contributed by atoms with Gasteiger partial charge in [-0.25, -0.2) is 27.0 Å². The van der Waals surface area contributed by atoms with Crippen LogP contribution in [0.15, 0.2) is 59.9 Å². The molecule has 1 aromatic carbocycles. The maximum atomic E-state index is 14.4. The highest BCUT2D eigenvalue weighted by molar-refractivity contribution is 7.89. The van der Waals surface area contributed by atoms with Gasteiger partial charge in [0.25, 0.3) is 0 Å². The molecule has 1 aliphatic heterocycles. The second-order valence-corrected chi connectivity index (χ2v) is 14.6. The molecule has 44 heavy (non-hydrogen) atoms. The summed E-state index contributed by atoms with van der Waals surface area (Å²) >= 11 is 6.05. The topological polar surface area (TPSA) is 133 Å². The van der Waals surface area contributed by atoms with Crippen molar-refractivity contribution in [3.63, 3.8) is 0 Å². The third-order valence-corrected chi connectivity index (χ3v) is 10.4. The quantitative estimate of drug-likeness (QED) is 0.281. The van der Waals surface area contributed by atoms with Crippen LogP contribution in [0.1, 0.15) is 39.2 Å². The number of pyridine rings is 2. The van der Waals surface area contributed by atoms with Crippen molar-refractivity contribution in [1.82, 2.24) is 19.3 Å². The van der Waals surface area contributed by atoms with Crippen LogP contribution >= 0.6 is 11.6 Å². The van der Waals surface area contributed by atoms with Crippen LogP contribution in [0.25, 0.3) is 16.6 Å². The molecule has 0 amide bonds. The molecule has 4 heterocycles. The Hall–Kier alpha value is -3.76. The fourth-order valence-corrected chi connectivity index (χ4v) is 8.53. The fourth-order valence-electron chi connectivity index (χ4n) is 6.50. The summed E-state index contributed by atoms with van der Waals surface area (Å²) in [4.78, 5) is 6.42. The predicted molar refractivity (Wildman–Crippen MR) is 163 cm³/mol. The van der Waals surface area contributed by atoms with Gasteiger partial charge in [0.05, 0.1) is 34.1 Å². The van der Waals surface area contributed by atoms with Gasteiger partial charge in [-0.1, -0.05) is 17.7 Å². The molecule has 3 atom stereocenters. The van der Waals surface area contributed by atoms with E-state index < -0.39 is 31.9 Å². The number of hydrogen-bond donors (Lipinski definition) is 2. The zero-order chi connectivity index (χ0) is 31.4. The van der Waals surface area contributed by atoms with E-state index in [1.165, 1.54) is 18.3 Å². The zero-order valence-corrected chi connectivity index (χ0v) is 26.0. The Kier molecular flexibility index (Phi) is 7.57. The summed E-state index contributed by atoms with van der Waals surface area (Å²) in [5.41, 5.74) is 0.800. The van der Waals surface area contributed by atoms with E-state index in [4.69, 9.17) is 21.3 Å². The van der Waals surface area contributed by atoms with Gasteiger partial charge in [0, 0.05) is 36.0 Å². The van der Waals surface area contributed by atoms with Gasteiger partial charge in [0.1, 0.15) is 35.0 Å². The van der Waals surface area contributed by atoms with Crippen LogP contribution in [0.3, 0.4) is 0 Å². The maximum Gasteiger partial charge on any atom is 0.245 e. The van der Waals surface area contributed by atoms with E-state index in [0.29, 0.717) is 42.8 Å². The number of aliphatic hydroxyl groups is 1. The Morgan fingerprint density at radius 2 is 1.95 bits per heavy atom. The molecule has 2 N–H and O–H groups in total. The Bertz CT molecular complexity index is 1850. The first-order valence-corrected chi connectivity index (χ1v) is 16.1. The van der Waals surface area contributed by atoms with Crippen molar-refractivity contribution in [2.75, 3.05) is 24.6 Å². The number of halogens is 2. The van der Waals surface area contributed by atoms with Crippen molar-refractivity contribution in [2.24, 2.45) is 11.8 Å². The molecule has 230 valence electrons. The van der Waals surface area contributed by atoms with Gasteiger partial charge < -0.3 is 14.7 Å². The van der Waals surface area contributed by atoms with Gasteiger partial charge in [0.15, 0.2) is 0 Å². The number of ether oxygens (including phenoxy) is 1. The molecule has 2 aliphatic rings. The van der Waals surface area contributed by atoms with Crippen molar-refractivity contribution < 1.29 is 22.7 Å². The number of fused-ring (bicyclic) bond motifs is 2. The van der Waals surface area contributed by atoms with E-state index in [-0.39, 0.29) is 23.5 Å². The van der Waals surface area contributed by atoms with Crippen molar-refractivity contribution >= 4 is 33.0 Å². The van der Waals surface area contributed by atoms with Crippen LogP contribution < -0.4 is 14.4 Å². The minimum Gasteiger partial charge on any atom is -0.489 e. The molecular formula is C31H32ClFN6O4S. The molecule has 10 nitrogen and oxygen atoms in total. The van der Waals surface area contributed by atoms with E-state index in [9.17, 15) is 23.2 Å². The first kappa shape index (κ1) is 30.3. The number of anilines is 1. The van der Waals surface area contributed by atoms with Gasteiger partial charge in [-0.05, 0) is 75.8 Å². The second kappa shape index (κ2) is 11.0. The van der Waals surface area contributed by atoms with Gasteiger partial charge in [-0.3, -0.25) is 0 Å². The summed E-state index contributed by atoms with van der Waals surface area (Å²) in [6, 6.07) is 11.7. The number of rotatable bonds is 8. The molecule has 0 radical (unpaired) electrons. The van der Waals surface area contributed by atoms with Crippen LogP contribution in [-0.2, 0) is 10.0 Å². The lowest BCUT2D eigenvalue weighted by Crippen LogP contribution is -2.45. The molecule has 1 unspecified atom stereocenters. The molecule has 0 bridgehead atoms. The molecule has 1 saturated heterocycles. The van der Waals surface area contributed by atoms with E-state index in [2.05, 4.69) is 20.8 Å². The molecule has 0 spiro atoms. The predicted octanol–water partition coefficient (Wildman–Crippen LogP) is 4.79. The highest BCUT2D eigenvalue weighted by atomic mass is 35.5. The Labute approximate surface area is 260 Å². The van der Waals surface area contributed by atoms with E-state index in [0.717, 1.165) is 23.0 Å². The molecule has 1 aliphatic carbocycles. The molecule has 1 saturated carbocycles. The van der Waals surface area contributed by atoms with Crippen molar-refractivity contribution in [3.05, 3.63) is 71.4 Å². The fraction of sp³-hybridized carbons (Fsp3) is 0.387. The molecule has 13 heteroatoms. The maximum absolute atomic E-state index is 14.4. The number of nitriles is 1. The summed E-state index contributed by atoms with van der Waals surface area (Å²) in [6.07, 6.45) is 6.14. The number of nitrogens with zero attached hydrogens (tertiary/aromatic N) is 5. The lowest BCUT2D eigenvalue weighted by Gasteiger charge is -2.28. The highest BCUT2D eigenvalue weighted by Gasteiger charge is 2.49. The number of hydrogen-bond acceptors (Lipinski definition) is 8. The number of nitrogens with one attached hydrogen (secondary N) is 1. The van der Waals surface area contributed by atoms with Gasteiger partial charge in [0.2, 0.25) is 10.0 Å². The first-order valence-electron chi connectivity index (χ1n) is 14.2. The van der Waals surface area contributed by atoms with E-state index >= 15 is 0 Å². The lowest BCUT2D eigenvalue weighted by atomic mass is 10.00. The summed E-state index contributed by atoms with van der Waals surface area (Å²) in [5.74, 6) is 0.875. The van der Waals surface area contributed by atoms with Gasteiger partial charge in [-0.2, -0.15) is 10.4 Å². The normalized spacial score (nSPS) is 21.9. The Morgan fingerprint density at radius 1 is 1.23 bits per heavy atom. The molecular weight excluding hydrogens is 607 g/mol. The number of sulfonamides is 1. The molecule has 6 rings (SSSR count). The SMILES string of the molecule is CC(C)(O)COc1cc(-c2ccc(N3C[C@@H]4CC(C)(NS(=O)(=O)c5c(F)cccc5Cl)C[C@@H]4C3)nc2)c2c(C#N)cnn2c1. The minimum atomic E-state index is -4.15. The third kappa shape index (κ3) is 5.85. The van der Waals surface area contributed by atoms with E-state index in [1.807, 2.05) is 25.1 Å². The largest absolute Gasteiger partial charge is 0.489 e. The van der Waals surface area contributed by atoms with Crippen LogP contribution in [0, 0.1) is 29.0 Å². The monoisotopic (exact) mass is 638 g/mol. The van der Waals surface area contributed by atoms with Gasteiger partial charge >= 0.3 is 0 Å². The minimum absolute atomic E-state index is 0.0796. The average Bonchev–Trinajstić information content (AvgIpc) is 3.61. The third-order valence-electron chi connectivity index (χ3n) is 8.25. The summed E-state index contributed by atoms with van der Waals surface area (Å²) in [5, 5.41) is 23.9. The standard InChI is InChI=1S/C31H32ClFN6O4S/c1-30(2,40)18-43-23-9-24(28-22(12-34)14-36-39(28)17-23)19-7-8-27(35-13-19)38-15-20-10-31(3,11-21(20)16-38)37-44(41,42)29-25(32)5-4-6-26(29)33/h4-9,13-14,17,20-21,37,40H,10-11,15-16,18H2,1-3H3/t20-,21+,31?. The summed E-state index contributed by atoms with van der Waals surface area (Å²) in [7, 11) is -4.15. The summed E-state index contributed by atoms with van der Waals surface area (Å²) in [6.45, 7) is 6.67. The summed E-state index contributed by atoms with van der Waals surface area (Å²) < 4.78 is 50.7. The van der Waals surface area contributed by atoms with Crippen molar-refractivity contribution in [3.8, 4) is 22.9 Å². The second-order valence-electron chi connectivity index (χ2n) is 12.6. The van der Waals surface area contributed by atoms with Gasteiger partial charge in [-0.15, -0.1) is 0 Å². The molecule has 2 fully saturated rings. The number of aromatic nitrogens is 3. The Morgan fingerprint density at radius 3 is 2.57 bits per heavy atom. The molecule has 3 aromatic heterocycles. The average molecular weight is 639 g/mol. The smallest absolute Gasteiger partial charge is 0.245 e. The van der Waals surface area contributed by atoms with Crippen LogP contribution in [0.4, 0.5) is 10.2 Å². The Balaban J connectivity index is 1.18. The zero-order valence-electron chi connectivity index (χ0n) is 24.5. The lowest BCUT2D eigenvalue weighted by molar-refractivity contribution is 0.0283. The molecule has 4 aromatic rings. The van der Waals surface area contributed by atoms with Crippen LogP contribution in [-0.4, -0.2) is 59.0 Å². The first-order chi connectivity index (χ1) is 20.7. The van der Waals surface area contributed by atoms with Crippen LogP contribution in [0.5, 0.6) is 5.75 Å². The highest BCUT2D eigenvalue weighted by Crippen LogP contribution is 2.45. The van der Waals surface area contributed by atoms with Crippen molar-refractivity contribution in [2.45, 2.75) is 49.6 Å². The number of benzene rings is 1. The van der Waals surface area contributed by atoms with Crippen molar-refractivity contribution in [1.29, 1.82) is 5.26 Å².